The van der Waals surface area contributed by atoms with Crippen molar-refractivity contribution >= 4 is 23.8 Å². The highest BCUT2D eigenvalue weighted by Gasteiger charge is 2.36. The molecule has 3 aromatic carbocycles. The lowest BCUT2D eigenvalue weighted by atomic mass is 9.92. The molecular weight excluding hydrogens is 491 g/mol. The molecule has 0 radical (unpaired) electrons. The molecule has 0 saturated heterocycles. The third-order valence-corrected chi connectivity index (χ3v) is 10.4. The fourth-order valence-electron chi connectivity index (χ4n) is 5.03. The van der Waals surface area contributed by atoms with Crippen molar-refractivity contribution in [3.8, 4) is 11.5 Å². The molecule has 38 heavy (non-hydrogen) atoms. The topological polar surface area (TPSA) is 36.9 Å². The second-order valence-corrected chi connectivity index (χ2v) is 12.2. The monoisotopic (exact) mass is 534 g/mol. The molecule has 5 heteroatoms. The van der Waals surface area contributed by atoms with E-state index in [-0.39, 0.29) is 5.60 Å². The predicted octanol–water partition coefficient (Wildman–Crippen LogP) is 6.76. The van der Waals surface area contributed by atoms with E-state index in [9.17, 15) is 0 Å². The van der Waals surface area contributed by atoms with E-state index in [1.54, 1.807) is 0 Å². The lowest BCUT2D eigenvalue weighted by Crippen LogP contribution is -2.45. The van der Waals surface area contributed by atoms with Crippen molar-refractivity contribution in [3.63, 3.8) is 0 Å². The zero-order valence-corrected chi connectivity index (χ0v) is 24.3. The average molecular weight is 535 g/mol. The van der Waals surface area contributed by atoms with E-state index in [4.69, 9.17) is 18.9 Å². The van der Waals surface area contributed by atoms with Gasteiger partial charge in [-0.3, -0.25) is 0 Å². The van der Waals surface area contributed by atoms with Gasteiger partial charge in [0.25, 0.3) is 0 Å². The third-order valence-electron chi connectivity index (χ3n) is 7.95. The molecule has 4 rings (SSSR count). The van der Waals surface area contributed by atoms with Gasteiger partial charge in [0.15, 0.2) is 11.5 Å². The zero-order valence-electron chi connectivity index (χ0n) is 23.4. The number of hydrogen-bond acceptors (Lipinski definition) is 4. The van der Waals surface area contributed by atoms with Crippen molar-refractivity contribution in [3.05, 3.63) is 78.9 Å². The first-order valence-electron chi connectivity index (χ1n) is 14.2. The first-order valence-corrected chi connectivity index (χ1v) is 15.5. The SMILES string of the molecule is CCC1(CC)CCOCCOc2ccc(P(c3ccccc3)c3ccccc3)cc2OC(CC)(CC)CO1. The summed E-state index contributed by atoms with van der Waals surface area (Å²) in [4.78, 5) is 0. The van der Waals surface area contributed by atoms with Crippen LogP contribution in [0.15, 0.2) is 78.9 Å². The molecule has 0 aliphatic carbocycles. The van der Waals surface area contributed by atoms with E-state index < -0.39 is 13.5 Å². The van der Waals surface area contributed by atoms with Crippen molar-refractivity contribution in [1.82, 2.24) is 0 Å². The molecule has 0 atom stereocenters. The Morgan fingerprint density at radius 2 is 1.24 bits per heavy atom. The Balaban J connectivity index is 1.76. The first kappa shape index (κ1) is 28.6. The molecule has 4 nitrogen and oxygen atoms in total. The van der Waals surface area contributed by atoms with Crippen molar-refractivity contribution in [2.45, 2.75) is 71.0 Å². The van der Waals surface area contributed by atoms with E-state index in [0.717, 1.165) is 43.6 Å². The van der Waals surface area contributed by atoms with E-state index in [0.29, 0.717) is 26.4 Å². The van der Waals surface area contributed by atoms with Gasteiger partial charge in [-0.2, -0.15) is 0 Å². The van der Waals surface area contributed by atoms with Gasteiger partial charge in [0.05, 0.1) is 18.8 Å². The fraction of sp³-hybridized carbons (Fsp3) is 0.455. The van der Waals surface area contributed by atoms with Gasteiger partial charge in [-0.1, -0.05) is 88.4 Å². The Kier molecular flexibility index (Phi) is 10.2. The Bertz CT molecular complexity index is 1070. The van der Waals surface area contributed by atoms with Crippen LogP contribution >= 0.6 is 7.92 Å². The van der Waals surface area contributed by atoms with Gasteiger partial charge in [0.2, 0.25) is 0 Å². The molecular formula is C33H43O4P. The molecule has 1 heterocycles. The lowest BCUT2D eigenvalue weighted by Gasteiger charge is -2.39. The number of fused-ring (bicyclic) bond motifs is 1. The van der Waals surface area contributed by atoms with Gasteiger partial charge < -0.3 is 18.9 Å². The molecule has 204 valence electrons. The molecule has 0 saturated carbocycles. The van der Waals surface area contributed by atoms with E-state index in [1.165, 1.54) is 15.9 Å². The molecule has 0 unspecified atom stereocenters. The molecule has 1 aliphatic rings. The van der Waals surface area contributed by atoms with E-state index in [1.807, 2.05) is 0 Å². The summed E-state index contributed by atoms with van der Waals surface area (Å²) in [6, 6.07) is 28.0. The normalized spacial score (nSPS) is 17.7. The largest absolute Gasteiger partial charge is 0.487 e. The summed E-state index contributed by atoms with van der Waals surface area (Å²) in [6.45, 7) is 11.0. The first-order chi connectivity index (χ1) is 18.6. The summed E-state index contributed by atoms with van der Waals surface area (Å²) < 4.78 is 25.9. The highest BCUT2D eigenvalue weighted by atomic mass is 31.1. The van der Waals surface area contributed by atoms with Crippen LogP contribution in [-0.2, 0) is 9.47 Å². The number of ether oxygens (including phenoxy) is 4. The Morgan fingerprint density at radius 1 is 0.632 bits per heavy atom. The summed E-state index contributed by atoms with van der Waals surface area (Å²) in [5, 5.41) is 3.85. The van der Waals surface area contributed by atoms with Gasteiger partial charge in [-0.15, -0.1) is 0 Å². The molecule has 0 amide bonds. The minimum atomic E-state index is -0.754. The van der Waals surface area contributed by atoms with Crippen LogP contribution in [0, 0.1) is 0 Å². The maximum atomic E-state index is 6.96. The quantitative estimate of drug-likeness (QED) is 0.314. The highest BCUT2D eigenvalue weighted by Crippen LogP contribution is 2.39. The Labute approximate surface area is 230 Å². The second kappa shape index (κ2) is 13.6. The maximum Gasteiger partial charge on any atom is 0.162 e. The molecule has 0 aromatic heterocycles. The highest BCUT2D eigenvalue weighted by molar-refractivity contribution is 7.79. The Hall–Kier alpha value is -2.39. The molecule has 1 aliphatic heterocycles. The van der Waals surface area contributed by atoms with E-state index in [2.05, 4.69) is 107 Å². The summed E-state index contributed by atoms with van der Waals surface area (Å²) in [5.41, 5.74) is -0.642. The third kappa shape index (κ3) is 6.78. The van der Waals surface area contributed by atoms with Crippen molar-refractivity contribution in [2.24, 2.45) is 0 Å². The van der Waals surface area contributed by atoms with Crippen LogP contribution in [0.3, 0.4) is 0 Å². The number of benzene rings is 3. The minimum absolute atomic E-state index is 0.201. The van der Waals surface area contributed by atoms with Gasteiger partial charge >= 0.3 is 0 Å². The Morgan fingerprint density at radius 3 is 1.82 bits per heavy atom. The van der Waals surface area contributed by atoms with Gasteiger partial charge in [0.1, 0.15) is 12.2 Å². The van der Waals surface area contributed by atoms with Gasteiger partial charge in [0, 0.05) is 6.61 Å². The van der Waals surface area contributed by atoms with Crippen LogP contribution in [0.4, 0.5) is 0 Å². The van der Waals surface area contributed by atoms with Crippen LogP contribution in [-0.4, -0.2) is 37.6 Å². The van der Waals surface area contributed by atoms with Gasteiger partial charge in [-0.05, 0) is 74.1 Å². The van der Waals surface area contributed by atoms with E-state index >= 15 is 0 Å². The fourth-order valence-corrected chi connectivity index (χ4v) is 7.34. The zero-order chi connectivity index (χ0) is 26.8. The van der Waals surface area contributed by atoms with Crippen LogP contribution in [0.5, 0.6) is 11.5 Å². The van der Waals surface area contributed by atoms with Crippen LogP contribution < -0.4 is 25.4 Å². The predicted molar refractivity (Wildman–Crippen MR) is 159 cm³/mol. The molecule has 0 spiro atoms. The summed E-state index contributed by atoms with van der Waals surface area (Å²) >= 11 is 0. The maximum absolute atomic E-state index is 6.96. The number of rotatable bonds is 7. The lowest BCUT2D eigenvalue weighted by molar-refractivity contribution is -0.125. The second-order valence-electron chi connectivity index (χ2n) is 10.0. The van der Waals surface area contributed by atoms with Crippen LogP contribution in [0.25, 0.3) is 0 Å². The van der Waals surface area contributed by atoms with Crippen molar-refractivity contribution in [2.75, 3.05) is 26.4 Å². The smallest absolute Gasteiger partial charge is 0.162 e. The van der Waals surface area contributed by atoms with Crippen LogP contribution in [0.1, 0.15) is 59.8 Å². The standard InChI is InChI=1S/C33H43O4P/c1-5-32(6-2)21-22-34-23-24-35-30-20-19-29(25-31(30)37-33(7-3,8-4)26-36-32)38(27-15-11-9-12-16-27)28-17-13-10-14-18-28/h9-20,25H,5-8,21-24,26H2,1-4H3. The van der Waals surface area contributed by atoms with Crippen LogP contribution in [0.2, 0.25) is 0 Å². The molecule has 0 bridgehead atoms. The van der Waals surface area contributed by atoms with Crippen molar-refractivity contribution in [1.29, 1.82) is 0 Å². The number of hydrogen-bond donors (Lipinski definition) is 0. The summed E-state index contributed by atoms with van der Waals surface area (Å²) in [5.74, 6) is 1.54. The minimum Gasteiger partial charge on any atom is -0.487 e. The van der Waals surface area contributed by atoms with Crippen molar-refractivity contribution < 1.29 is 18.9 Å². The molecule has 0 fully saturated rings. The van der Waals surface area contributed by atoms with Gasteiger partial charge in [-0.25, -0.2) is 0 Å². The molecule has 0 N–H and O–H groups in total. The molecule has 3 aromatic rings. The summed E-state index contributed by atoms with van der Waals surface area (Å²) in [7, 11) is -0.754. The average Bonchev–Trinajstić information content (AvgIpc) is 2.99. The summed E-state index contributed by atoms with van der Waals surface area (Å²) in [6.07, 6.45) is 4.47.